The fraction of sp³-hybridized carbons (Fsp3) is 0.429. The maximum atomic E-state index is 12.1. The van der Waals surface area contributed by atoms with Gasteiger partial charge >= 0.3 is 0 Å². The number of para-hydroxylation sites is 1. The van der Waals surface area contributed by atoms with Crippen LogP contribution >= 0.6 is 11.8 Å². The molecule has 1 unspecified atom stereocenters. The van der Waals surface area contributed by atoms with Crippen LogP contribution in [0.4, 0.5) is 0 Å². The Morgan fingerprint density at radius 3 is 3.05 bits per heavy atom. The van der Waals surface area contributed by atoms with Gasteiger partial charge in [0.15, 0.2) is 12.4 Å². The van der Waals surface area contributed by atoms with Crippen molar-refractivity contribution in [1.29, 1.82) is 0 Å². The smallest absolute Gasteiger partial charge is 0.260 e. The second-order valence-corrected chi connectivity index (χ2v) is 6.34. The highest BCUT2D eigenvalue weighted by atomic mass is 32.2. The number of carbonyl (C=O) groups is 1. The summed E-state index contributed by atoms with van der Waals surface area (Å²) >= 11 is 1.87. The number of hydrogen-bond donors (Lipinski definition) is 2. The minimum atomic E-state index is -0.0485. The Morgan fingerprint density at radius 2 is 2.33 bits per heavy atom. The molecule has 1 atom stereocenters. The van der Waals surface area contributed by atoms with Crippen molar-refractivity contribution < 1.29 is 14.7 Å². The number of hydrogen-bond acceptors (Lipinski definition) is 5. The maximum absolute atomic E-state index is 12.1. The van der Waals surface area contributed by atoms with Gasteiger partial charge in [-0.05, 0) is 12.1 Å². The quantitative estimate of drug-likeness (QED) is 0.377. The second kappa shape index (κ2) is 7.21. The Bertz CT molecular complexity index is 536. The summed E-state index contributed by atoms with van der Waals surface area (Å²) in [5.74, 6) is 1.30. The molecule has 21 heavy (non-hydrogen) atoms. The largest absolute Gasteiger partial charge is 0.483 e. The Balaban J connectivity index is 1.98. The summed E-state index contributed by atoms with van der Waals surface area (Å²) in [6.45, 7) is 3.56. The van der Waals surface area contributed by atoms with Gasteiger partial charge in [-0.25, -0.2) is 0 Å². The first-order valence-corrected chi connectivity index (χ1v) is 7.75. The Hall–Kier alpha value is -1.89. The molecule has 114 valence electrons. The highest BCUT2D eigenvalue weighted by molar-refractivity contribution is 7.99. The normalized spacial score (nSPS) is 19.4. The van der Waals surface area contributed by atoms with Crippen molar-refractivity contribution in [3.8, 4) is 5.75 Å². The van der Waals surface area contributed by atoms with Crippen molar-refractivity contribution in [1.82, 2.24) is 4.90 Å². The molecule has 2 rings (SSSR count). The molecular weight excluding hydrogens is 290 g/mol. The molecule has 0 aliphatic carbocycles. The topological polar surface area (TPSA) is 88.2 Å². The van der Waals surface area contributed by atoms with Crippen molar-refractivity contribution in [3.05, 3.63) is 29.8 Å². The Labute approximate surface area is 127 Å². The van der Waals surface area contributed by atoms with E-state index in [1.54, 1.807) is 24.3 Å². The lowest BCUT2D eigenvalue weighted by Gasteiger charge is -2.30. The van der Waals surface area contributed by atoms with E-state index in [9.17, 15) is 4.79 Å². The third-order valence-corrected chi connectivity index (χ3v) is 4.35. The van der Waals surface area contributed by atoms with Crippen LogP contribution in [0, 0.1) is 0 Å². The molecule has 1 heterocycles. The molecule has 1 aromatic carbocycles. The Kier molecular flexibility index (Phi) is 5.32. The standard InChI is InChI=1S/C14H19N3O3S/c1-10-8-17(6-7-21-10)13(18)9-20-12-5-3-2-4-11(12)14(15)16-19/h2-5,10,19H,6-9H2,1H3,(H2,15,16). The molecule has 1 saturated heterocycles. The van der Waals surface area contributed by atoms with E-state index in [0.29, 0.717) is 16.6 Å². The number of amidine groups is 1. The van der Waals surface area contributed by atoms with Crippen LogP contribution in [0.5, 0.6) is 5.75 Å². The summed E-state index contributed by atoms with van der Waals surface area (Å²) in [7, 11) is 0. The zero-order chi connectivity index (χ0) is 15.2. The molecule has 0 radical (unpaired) electrons. The average Bonchev–Trinajstić information content (AvgIpc) is 2.52. The van der Waals surface area contributed by atoms with Gasteiger partial charge in [0.1, 0.15) is 5.75 Å². The van der Waals surface area contributed by atoms with E-state index in [-0.39, 0.29) is 18.3 Å². The van der Waals surface area contributed by atoms with Gasteiger partial charge in [0.25, 0.3) is 5.91 Å². The third kappa shape index (κ3) is 4.04. The number of rotatable bonds is 4. The SMILES string of the molecule is CC1CN(C(=O)COc2ccccc2/C(N)=N/O)CCS1. The lowest BCUT2D eigenvalue weighted by molar-refractivity contribution is -0.133. The molecule has 6 nitrogen and oxygen atoms in total. The molecule has 3 N–H and O–H groups in total. The third-order valence-electron chi connectivity index (χ3n) is 3.22. The molecule has 1 aliphatic rings. The van der Waals surface area contributed by atoms with E-state index < -0.39 is 0 Å². The van der Waals surface area contributed by atoms with Crippen LogP contribution in [0.15, 0.2) is 29.4 Å². The van der Waals surface area contributed by atoms with Crippen LogP contribution in [0.1, 0.15) is 12.5 Å². The van der Waals surface area contributed by atoms with E-state index in [4.69, 9.17) is 15.7 Å². The van der Waals surface area contributed by atoms with Gasteiger partial charge in [-0.2, -0.15) is 11.8 Å². The van der Waals surface area contributed by atoms with Crippen molar-refractivity contribution in [2.24, 2.45) is 10.9 Å². The van der Waals surface area contributed by atoms with Crippen LogP contribution in [-0.2, 0) is 4.79 Å². The highest BCUT2D eigenvalue weighted by Gasteiger charge is 2.21. The van der Waals surface area contributed by atoms with Crippen molar-refractivity contribution in [2.45, 2.75) is 12.2 Å². The number of thioether (sulfide) groups is 1. The summed E-state index contributed by atoms with van der Waals surface area (Å²) in [4.78, 5) is 14.0. The predicted molar refractivity (Wildman–Crippen MR) is 82.9 cm³/mol. The fourth-order valence-electron chi connectivity index (χ4n) is 2.13. The molecule has 0 bridgehead atoms. The number of nitrogens with zero attached hydrogens (tertiary/aromatic N) is 2. The molecule has 0 spiro atoms. The first kappa shape index (κ1) is 15.5. The minimum Gasteiger partial charge on any atom is -0.483 e. The number of nitrogens with two attached hydrogens (primary N) is 1. The van der Waals surface area contributed by atoms with E-state index in [1.165, 1.54) is 0 Å². The molecule has 1 aliphatic heterocycles. The molecule has 1 aromatic rings. The molecule has 7 heteroatoms. The van der Waals surface area contributed by atoms with Gasteiger partial charge in [-0.15, -0.1) is 0 Å². The van der Waals surface area contributed by atoms with Gasteiger partial charge in [-0.1, -0.05) is 24.2 Å². The van der Waals surface area contributed by atoms with Crippen molar-refractivity contribution in [3.63, 3.8) is 0 Å². The van der Waals surface area contributed by atoms with Gasteiger partial charge in [0.05, 0.1) is 5.56 Å². The highest BCUT2D eigenvalue weighted by Crippen LogP contribution is 2.20. The number of ether oxygens (including phenoxy) is 1. The van der Waals surface area contributed by atoms with Gasteiger partial charge in [0.2, 0.25) is 0 Å². The van der Waals surface area contributed by atoms with Crippen LogP contribution in [0.3, 0.4) is 0 Å². The zero-order valence-electron chi connectivity index (χ0n) is 11.9. The van der Waals surface area contributed by atoms with E-state index in [1.807, 2.05) is 16.7 Å². The van der Waals surface area contributed by atoms with E-state index >= 15 is 0 Å². The van der Waals surface area contributed by atoms with E-state index in [0.717, 1.165) is 18.8 Å². The molecular formula is C14H19N3O3S. The summed E-state index contributed by atoms with van der Waals surface area (Å²) in [5.41, 5.74) is 6.05. The Morgan fingerprint density at radius 1 is 1.57 bits per heavy atom. The summed E-state index contributed by atoms with van der Waals surface area (Å²) < 4.78 is 5.54. The molecule has 1 fully saturated rings. The van der Waals surface area contributed by atoms with Crippen molar-refractivity contribution >= 4 is 23.5 Å². The number of oxime groups is 1. The predicted octanol–water partition coefficient (Wildman–Crippen LogP) is 1.12. The maximum Gasteiger partial charge on any atom is 0.260 e. The van der Waals surface area contributed by atoms with E-state index in [2.05, 4.69) is 12.1 Å². The van der Waals surface area contributed by atoms with Crippen LogP contribution < -0.4 is 10.5 Å². The lowest BCUT2D eigenvalue weighted by atomic mass is 10.2. The lowest BCUT2D eigenvalue weighted by Crippen LogP contribution is -2.43. The van der Waals surface area contributed by atoms with Gasteiger partial charge in [0, 0.05) is 24.1 Å². The summed E-state index contributed by atoms with van der Waals surface area (Å²) in [6.07, 6.45) is 0. The van der Waals surface area contributed by atoms with Gasteiger partial charge in [-0.3, -0.25) is 4.79 Å². The number of amides is 1. The number of carbonyl (C=O) groups excluding carboxylic acids is 1. The molecule has 0 aromatic heterocycles. The first-order chi connectivity index (χ1) is 10.1. The fourth-order valence-corrected chi connectivity index (χ4v) is 3.15. The van der Waals surface area contributed by atoms with Crippen molar-refractivity contribution in [2.75, 3.05) is 25.4 Å². The minimum absolute atomic E-state index is 0.0407. The van der Waals surface area contributed by atoms with Crippen LogP contribution in [-0.4, -0.2) is 52.5 Å². The second-order valence-electron chi connectivity index (χ2n) is 4.79. The molecule has 1 amide bonds. The summed E-state index contributed by atoms with van der Waals surface area (Å²) in [5, 5.41) is 12.2. The number of benzene rings is 1. The summed E-state index contributed by atoms with van der Waals surface area (Å²) in [6, 6.07) is 6.89. The first-order valence-electron chi connectivity index (χ1n) is 6.71. The van der Waals surface area contributed by atoms with Crippen LogP contribution in [0.25, 0.3) is 0 Å². The molecule has 0 saturated carbocycles. The zero-order valence-corrected chi connectivity index (χ0v) is 12.7. The van der Waals surface area contributed by atoms with Gasteiger partial charge < -0.3 is 20.6 Å². The monoisotopic (exact) mass is 309 g/mol. The average molecular weight is 309 g/mol. The van der Waals surface area contributed by atoms with Crippen LogP contribution in [0.2, 0.25) is 0 Å².